The molecule has 3 rings (SSSR count). The van der Waals surface area contributed by atoms with E-state index >= 15 is 0 Å². The quantitative estimate of drug-likeness (QED) is 0.723. The molecule has 0 spiro atoms. The number of aromatic nitrogens is 1. The molecule has 1 aromatic heterocycles. The van der Waals surface area contributed by atoms with Crippen molar-refractivity contribution in [2.24, 2.45) is 0 Å². The van der Waals surface area contributed by atoms with E-state index in [1.54, 1.807) is 6.55 Å². The second kappa shape index (κ2) is 5.05. The fourth-order valence-electron chi connectivity index (χ4n) is 2.82. The van der Waals surface area contributed by atoms with E-state index in [0.29, 0.717) is 6.04 Å². The largest absolute Gasteiger partial charge is 0.411 e. The molecule has 3 aromatic rings. The van der Waals surface area contributed by atoms with Gasteiger partial charge in [-0.05, 0) is 31.1 Å². The zero-order valence-electron chi connectivity index (χ0n) is 11.6. The van der Waals surface area contributed by atoms with Crippen LogP contribution in [0.25, 0.3) is 21.8 Å². The zero-order valence-corrected chi connectivity index (χ0v) is 12.6. The van der Waals surface area contributed by atoms with Crippen molar-refractivity contribution in [3.8, 4) is 0 Å². The number of hydrogen-bond donors (Lipinski definition) is 2. The van der Waals surface area contributed by atoms with Crippen LogP contribution in [0.4, 0.5) is 0 Å². The Morgan fingerprint density at radius 2 is 1.40 bits per heavy atom. The van der Waals surface area contributed by atoms with Crippen LogP contribution in [0.15, 0.2) is 48.5 Å². The van der Waals surface area contributed by atoms with Crippen molar-refractivity contribution < 1.29 is 9.59 Å². The van der Waals surface area contributed by atoms with Crippen molar-refractivity contribution in [2.75, 3.05) is 0 Å². The van der Waals surface area contributed by atoms with Crippen LogP contribution in [-0.4, -0.2) is 22.7 Å². The first-order chi connectivity index (χ1) is 9.56. The lowest BCUT2D eigenvalue weighted by atomic mass is 10.2. The van der Waals surface area contributed by atoms with Crippen LogP contribution in [-0.2, 0) is 6.54 Å². The molecule has 1 heterocycles. The van der Waals surface area contributed by atoms with Crippen LogP contribution in [0.2, 0.25) is 12.6 Å². The predicted molar refractivity (Wildman–Crippen MR) is 84.9 cm³/mol. The molecule has 3 nitrogen and oxygen atoms in total. The fourth-order valence-corrected chi connectivity index (χ4v) is 3.64. The van der Waals surface area contributed by atoms with Gasteiger partial charge in [-0.3, -0.25) is 0 Å². The molecule has 0 aliphatic rings. The molecule has 4 heteroatoms. The summed E-state index contributed by atoms with van der Waals surface area (Å²) in [5.74, 6) is 0. The van der Waals surface area contributed by atoms with Crippen molar-refractivity contribution in [1.29, 1.82) is 0 Å². The number of benzene rings is 2. The summed E-state index contributed by atoms with van der Waals surface area (Å²) in [5, 5.41) is 2.52. The number of fused-ring (bicyclic) bond motifs is 3. The monoisotopic (exact) mass is 285 g/mol. The lowest BCUT2D eigenvalue weighted by Crippen LogP contribution is -2.29. The van der Waals surface area contributed by atoms with Gasteiger partial charge in [0, 0.05) is 28.4 Å². The Kier molecular flexibility index (Phi) is 3.37. The molecule has 104 valence electrons. The average molecular weight is 285 g/mol. The minimum atomic E-state index is -2.94. The molecule has 0 amide bonds. The van der Waals surface area contributed by atoms with Crippen LogP contribution in [0.5, 0.6) is 0 Å². The van der Waals surface area contributed by atoms with Crippen LogP contribution < -0.4 is 0 Å². The smallest absolute Gasteiger partial charge is 0.329 e. The topological polar surface area (TPSA) is 45.4 Å². The number of rotatable bonds is 4. The van der Waals surface area contributed by atoms with Crippen molar-refractivity contribution in [1.82, 2.24) is 4.57 Å². The van der Waals surface area contributed by atoms with Crippen LogP contribution in [0.1, 0.15) is 6.42 Å². The highest BCUT2D eigenvalue weighted by Crippen LogP contribution is 2.29. The number of para-hydroxylation sites is 2. The third-order valence-corrected chi connectivity index (χ3v) is 5.01. The molecule has 0 unspecified atom stereocenters. The molecule has 0 saturated carbocycles. The second-order valence-electron chi connectivity index (χ2n) is 5.51. The van der Waals surface area contributed by atoms with Gasteiger partial charge in [-0.15, -0.1) is 0 Å². The van der Waals surface area contributed by atoms with Crippen molar-refractivity contribution >= 4 is 30.4 Å². The summed E-state index contributed by atoms with van der Waals surface area (Å²) in [5.41, 5.74) is 2.43. The maximum absolute atomic E-state index is 9.56. The molecule has 2 N–H and O–H groups in total. The van der Waals surface area contributed by atoms with E-state index in [-0.39, 0.29) is 0 Å². The highest BCUT2D eigenvalue weighted by Gasteiger charge is 2.20. The van der Waals surface area contributed by atoms with Gasteiger partial charge in [0.05, 0.1) is 0 Å². The third-order valence-electron chi connectivity index (χ3n) is 3.71. The standard InChI is InChI=1S/C16H19NO2Si/c1-20(18,19)12-6-11-17-15-9-4-2-7-13(15)14-8-3-5-10-16(14)17/h2-5,7-10,18-19H,6,11-12H2,1H3. The van der Waals surface area contributed by atoms with Gasteiger partial charge in [-0.25, -0.2) is 0 Å². The van der Waals surface area contributed by atoms with Gasteiger partial charge < -0.3 is 14.2 Å². The van der Waals surface area contributed by atoms with E-state index in [2.05, 4.69) is 53.1 Å². The first-order valence-electron chi connectivity index (χ1n) is 6.97. The van der Waals surface area contributed by atoms with Crippen LogP contribution in [0, 0.1) is 0 Å². The molecule has 0 saturated heterocycles. The molecule has 0 aliphatic carbocycles. The third kappa shape index (κ3) is 2.50. The summed E-state index contributed by atoms with van der Waals surface area (Å²) < 4.78 is 2.28. The normalized spacial score (nSPS) is 12.3. The van der Waals surface area contributed by atoms with E-state index in [1.165, 1.54) is 21.8 Å². The van der Waals surface area contributed by atoms with Gasteiger partial charge in [-0.2, -0.15) is 0 Å². The summed E-state index contributed by atoms with van der Waals surface area (Å²) >= 11 is 0. The molecule has 2 aromatic carbocycles. The summed E-state index contributed by atoms with van der Waals surface area (Å²) in [7, 11) is -2.94. The Morgan fingerprint density at radius 3 is 1.90 bits per heavy atom. The summed E-state index contributed by atoms with van der Waals surface area (Å²) in [6, 6.07) is 17.3. The second-order valence-corrected chi connectivity index (χ2v) is 8.44. The maximum atomic E-state index is 9.56. The molecule has 0 fully saturated rings. The molecule has 0 bridgehead atoms. The Bertz CT molecular complexity index is 690. The van der Waals surface area contributed by atoms with Gasteiger partial charge in [0.2, 0.25) is 0 Å². The number of aryl methyl sites for hydroxylation is 1. The van der Waals surface area contributed by atoms with E-state index in [4.69, 9.17) is 0 Å². The van der Waals surface area contributed by atoms with Crippen LogP contribution in [0.3, 0.4) is 0 Å². The predicted octanol–water partition coefficient (Wildman–Crippen LogP) is 3.24. The first kappa shape index (κ1) is 13.4. The molecule has 0 radical (unpaired) electrons. The van der Waals surface area contributed by atoms with Crippen LogP contribution >= 0.6 is 0 Å². The summed E-state index contributed by atoms with van der Waals surface area (Å²) in [4.78, 5) is 19.1. The maximum Gasteiger partial charge on any atom is 0.329 e. The minimum Gasteiger partial charge on any atom is -0.411 e. The zero-order chi connectivity index (χ0) is 14.2. The Hall–Kier alpha value is -1.62. The van der Waals surface area contributed by atoms with Crippen molar-refractivity contribution in [3.63, 3.8) is 0 Å². The molecule has 20 heavy (non-hydrogen) atoms. The van der Waals surface area contributed by atoms with E-state index < -0.39 is 8.56 Å². The van der Waals surface area contributed by atoms with Gasteiger partial charge in [0.1, 0.15) is 0 Å². The Morgan fingerprint density at radius 1 is 0.900 bits per heavy atom. The summed E-state index contributed by atoms with van der Waals surface area (Å²) in [6.07, 6.45) is 0.790. The van der Waals surface area contributed by atoms with Gasteiger partial charge in [0.25, 0.3) is 0 Å². The molecule has 0 aliphatic heterocycles. The van der Waals surface area contributed by atoms with Gasteiger partial charge in [-0.1, -0.05) is 36.4 Å². The SMILES string of the molecule is C[Si](O)(O)CCCn1c2ccccc2c2ccccc21. The van der Waals surface area contributed by atoms with Gasteiger partial charge >= 0.3 is 8.56 Å². The molecule has 0 atom stereocenters. The van der Waals surface area contributed by atoms with Crippen molar-refractivity contribution in [2.45, 2.75) is 25.6 Å². The highest BCUT2D eigenvalue weighted by molar-refractivity contribution is 6.63. The lowest BCUT2D eigenvalue weighted by Gasteiger charge is -2.12. The number of hydrogen-bond acceptors (Lipinski definition) is 2. The molecular formula is C16H19NO2Si. The first-order valence-corrected chi connectivity index (χ1v) is 9.57. The number of nitrogens with zero attached hydrogens (tertiary/aromatic N) is 1. The van der Waals surface area contributed by atoms with Gasteiger partial charge in [0.15, 0.2) is 0 Å². The van der Waals surface area contributed by atoms with E-state index in [9.17, 15) is 9.59 Å². The highest BCUT2D eigenvalue weighted by atomic mass is 28.4. The lowest BCUT2D eigenvalue weighted by molar-refractivity contribution is 0.366. The molecular weight excluding hydrogens is 266 g/mol. The van der Waals surface area contributed by atoms with Crippen molar-refractivity contribution in [3.05, 3.63) is 48.5 Å². The Labute approximate surface area is 119 Å². The fraction of sp³-hybridized carbons (Fsp3) is 0.250. The minimum absolute atomic E-state index is 0.508. The summed E-state index contributed by atoms with van der Waals surface area (Å²) in [6.45, 7) is 2.39. The Balaban J connectivity index is 2.03. The van der Waals surface area contributed by atoms with E-state index in [1.807, 2.05) is 0 Å². The van der Waals surface area contributed by atoms with E-state index in [0.717, 1.165) is 13.0 Å². The average Bonchev–Trinajstić information content (AvgIpc) is 2.73.